The molecule has 1 amide bonds. The fraction of sp³-hybridized carbons (Fsp3) is 0.778. The molecule has 0 spiro atoms. The van der Waals surface area contributed by atoms with Crippen LogP contribution in [-0.2, 0) is 4.79 Å². The second kappa shape index (κ2) is 3.35. The number of hydrogen-bond acceptors (Lipinski definition) is 3. The fourth-order valence-electron chi connectivity index (χ4n) is 2.61. The smallest absolute Gasteiger partial charge is 0.250 e. The molecule has 0 aromatic heterocycles. The van der Waals surface area contributed by atoms with Gasteiger partial charge in [-0.05, 0) is 31.2 Å². The highest BCUT2D eigenvalue weighted by Gasteiger charge is 2.42. The molecular formula is C9H13N3O. The van der Waals surface area contributed by atoms with Crippen molar-refractivity contribution in [3.63, 3.8) is 0 Å². The molecule has 4 nitrogen and oxygen atoms in total. The van der Waals surface area contributed by atoms with E-state index in [1.807, 2.05) is 0 Å². The first-order chi connectivity index (χ1) is 6.33. The van der Waals surface area contributed by atoms with Gasteiger partial charge in [-0.1, -0.05) is 6.42 Å². The van der Waals surface area contributed by atoms with Crippen molar-refractivity contribution in [2.24, 2.45) is 11.8 Å². The van der Waals surface area contributed by atoms with Crippen LogP contribution in [0.4, 0.5) is 0 Å². The molecule has 13 heavy (non-hydrogen) atoms. The molecule has 2 N–H and O–H groups in total. The Morgan fingerprint density at radius 3 is 3.15 bits per heavy atom. The highest BCUT2D eigenvalue weighted by molar-refractivity contribution is 5.83. The molecular weight excluding hydrogens is 166 g/mol. The Balaban J connectivity index is 2.01. The minimum atomic E-state index is -0.156. The number of amides is 1. The average Bonchev–Trinajstić information content (AvgIpc) is 2.62. The molecule has 0 aromatic carbocycles. The third-order valence-corrected chi connectivity index (χ3v) is 3.21. The quantitative estimate of drug-likeness (QED) is 0.439. The molecule has 1 aliphatic heterocycles. The van der Waals surface area contributed by atoms with Gasteiger partial charge in [0.15, 0.2) is 6.19 Å². The Hall–Kier alpha value is -1.08. The van der Waals surface area contributed by atoms with E-state index < -0.39 is 0 Å². The average molecular weight is 179 g/mol. The van der Waals surface area contributed by atoms with Crippen LogP contribution < -0.4 is 10.6 Å². The van der Waals surface area contributed by atoms with Gasteiger partial charge in [-0.2, -0.15) is 5.26 Å². The van der Waals surface area contributed by atoms with E-state index in [0.717, 1.165) is 13.0 Å². The summed E-state index contributed by atoms with van der Waals surface area (Å²) in [6.07, 6.45) is 5.27. The predicted octanol–water partition coefficient (Wildman–Crippen LogP) is -0.0282. The zero-order valence-electron chi connectivity index (χ0n) is 7.42. The van der Waals surface area contributed by atoms with Crippen LogP contribution in [0.15, 0.2) is 0 Å². The van der Waals surface area contributed by atoms with Crippen LogP contribution in [0, 0.1) is 23.3 Å². The molecule has 1 heterocycles. The van der Waals surface area contributed by atoms with Crippen LogP contribution in [0.3, 0.4) is 0 Å². The van der Waals surface area contributed by atoms with Gasteiger partial charge < -0.3 is 5.32 Å². The van der Waals surface area contributed by atoms with Crippen LogP contribution in [0.25, 0.3) is 0 Å². The number of nitrogens with zero attached hydrogens (tertiary/aromatic N) is 1. The van der Waals surface area contributed by atoms with Gasteiger partial charge in [0.1, 0.15) is 0 Å². The number of rotatable bonds is 1. The number of hydrogen-bond donors (Lipinski definition) is 2. The summed E-state index contributed by atoms with van der Waals surface area (Å²) >= 11 is 0. The summed E-state index contributed by atoms with van der Waals surface area (Å²) in [5, 5.41) is 13.7. The second-order valence-corrected chi connectivity index (χ2v) is 3.84. The first kappa shape index (κ1) is 8.52. The molecule has 3 unspecified atom stereocenters. The van der Waals surface area contributed by atoms with Crippen LogP contribution >= 0.6 is 0 Å². The largest absolute Gasteiger partial charge is 0.305 e. The molecule has 2 rings (SSSR count). The second-order valence-electron chi connectivity index (χ2n) is 3.84. The highest BCUT2D eigenvalue weighted by atomic mass is 16.2. The van der Waals surface area contributed by atoms with E-state index in [2.05, 4.69) is 10.6 Å². The van der Waals surface area contributed by atoms with Gasteiger partial charge in [0.25, 0.3) is 0 Å². The normalized spacial score (nSPS) is 36.7. The zero-order valence-corrected chi connectivity index (χ0v) is 7.42. The van der Waals surface area contributed by atoms with Gasteiger partial charge in [0, 0.05) is 0 Å². The molecule has 4 heteroatoms. The standard InChI is InChI=1S/C9H13N3O/c10-5-12-9(13)8-7-3-1-2-6(7)4-11-8/h6-8,11H,1-4H2,(H,12,13). The van der Waals surface area contributed by atoms with Gasteiger partial charge in [0.2, 0.25) is 5.91 Å². The molecule has 70 valence electrons. The van der Waals surface area contributed by atoms with E-state index in [0.29, 0.717) is 11.8 Å². The summed E-state index contributed by atoms with van der Waals surface area (Å²) < 4.78 is 0. The van der Waals surface area contributed by atoms with Crippen molar-refractivity contribution < 1.29 is 4.79 Å². The van der Waals surface area contributed by atoms with Crippen molar-refractivity contribution in [1.82, 2.24) is 10.6 Å². The fourth-order valence-corrected chi connectivity index (χ4v) is 2.61. The van der Waals surface area contributed by atoms with Crippen molar-refractivity contribution in [2.75, 3.05) is 6.54 Å². The predicted molar refractivity (Wildman–Crippen MR) is 46.4 cm³/mol. The van der Waals surface area contributed by atoms with Gasteiger partial charge in [-0.3, -0.25) is 10.1 Å². The summed E-state index contributed by atoms with van der Waals surface area (Å²) in [6.45, 7) is 0.939. The first-order valence-electron chi connectivity index (χ1n) is 4.75. The van der Waals surface area contributed by atoms with Crippen molar-refractivity contribution in [3.8, 4) is 6.19 Å². The lowest BCUT2D eigenvalue weighted by Crippen LogP contribution is -2.42. The highest BCUT2D eigenvalue weighted by Crippen LogP contribution is 2.37. The Morgan fingerprint density at radius 1 is 1.54 bits per heavy atom. The number of nitriles is 1. The number of fused-ring (bicyclic) bond motifs is 1. The third kappa shape index (κ3) is 1.40. The minimum absolute atomic E-state index is 0.118. The lowest BCUT2D eigenvalue weighted by Gasteiger charge is -2.14. The van der Waals surface area contributed by atoms with Crippen LogP contribution in [0.5, 0.6) is 0 Å². The number of carbonyl (C=O) groups is 1. The Kier molecular flexibility index (Phi) is 2.19. The lowest BCUT2D eigenvalue weighted by atomic mass is 9.94. The van der Waals surface area contributed by atoms with Crippen molar-refractivity contribution in [1.29, 1.82) is 5.26 Å². The summed E-state index contributed by atoms with van der Waals surface area (Å²) in [5.74, 6) is 0.972. The molecule has 1 aliphatic carbocycles. The molecule has 0 radical (unpaired) electrons. The Bertz CT molecular complexity index is 258. The van der Waals surface area contributed by atoms with Crippen molar-refractivity contribution in [2.45, 2.75) is 25.3 Å². The van der Waals surface area contributed by atoms with E-state index >= 15 is 0 Å². The third-order valence-electron chi connectivity index (χ3n) is 3.21. The molecule has 2 aliphatic rings. The van der Waals surface area contributed by atoms with E-state index in [-0.39, 0.29) is 11.9 Å². The SMILES string of the molecule is N#CNC(=O)C1NCC2CCCC21. The molecule has 1 saturated heterocycles. The maximum atomic E-state index is 11.4. The maximum Gasteiger partial charge on any atom is 0.250 e. The van der Waals surface area contributed by atoms with Crippen molar-refractivity contribution in [3.05, 3.63) is 0 Å². The van der Waals surface area contributed by atoms with E-state index in [9.17, 15) is 4.79 Å². The molecule has 3 atom stereocenters. The molecule has 1 saturated carbocycles. The van der Waals surface area contributed by atoms with E-state index in [1.54, 1.807) is 6.19 Å². The monoisotopic (exact) mass is 179 g/mol. The van der Waals surface area contributed by atoms with Crippen molar-refractivity contribution >= 4 is 5.91 Å². The van der Waals surface area contributed by atoms with Crippen LogP contribution in [0.1, 0.15) is 19.3 Å². The lowest BCUT2D eigenvalue weighted by molar-refractivity contribution is -0.122. The van der Waals surface area contributed by atoms with E-state index in [4.69, 9.17) is 5.26 Å². The summed E-state index contributed by atoms with van der Waals surface area (Å²) in [7, 11) is 0. The summed E-state index contributed by atoms with van der Waals surface area (Å²) in [6, 6.07) is -0.118. The molecule has 2 fully saturated rings. The van der Waals surface area contributed by atoms with Gasteiger partial charge in [0.05, 0.1) is 6.04 Å². The topological polar surface area (TPSA) is 64.9 Å². The van der Waals surface area contributed by atoms with Gasteiger partial charge in [-0.15, -0.1) is 0 Å². The van der Waals surface area contributed by atoms with Gasteiger partial charge in [-0.25, -0.2) is 0 Å². The van der Waals surface area contributed by atoms with Crippen LogP contribution in [-0.4, -0.2) is 18.5 Å². The summed E-state index contributed by atoms with van der Waals surface area (Å²) in [4.78, 5) is 11.4. The molecule has 0 bridgehead atoms. The van der Waals surface area contributed by atoms with Gasteiger partial charge >= 0.3 is 0 Å². The van der Waals surface area contributed by atoms with E-state index in [1.165, 1.54) is 12.8 Å². The Morgan fingerprint density at radius 2 is 2.38 bits per heavy atom. The maximum absolute atomic E-state index is 11.4. The summed E-state index contributed by atoms with van der Waals surface area (Å²) in [5.41, 5.74) is 0. The minimum Gasteiger partial charge on any atom is -0.305 e. The Labute approximate surface area is 77.3 Å². The zero-order chi connectivity index (χ0) is 9.26. The molecule has 0 aromatic rings. The van der Waals surface area contributed by atoms with Crippen LogP contribution in [0.2, 0.25) is 0 Å². The number of carbonyl (C=O) groups excluding carboxylic acids is 1. The first-order valence-corrected chi connectivity index (χ1v) is 4.75. The number of nitrogens with one attached hydrogen (secondary N) is 2.